The predicted molar refractivity (Wildman–Crippen MR) is 113 cm³/mol. The quantitative estimate of drug-likeness (QED) is 0.452. The molecule has 2 saturated heterocycles. The first-order chi connectivity index (χ1) is 14.7. The molecule has 3 heterocycles. The number of rotatable bonds is 6. The van der Waals surface area contributed by atoms with Crippen LogP contribution in [0.5, 0.6) is 0 Å². The number of aliphatic imine (C=N–C) groups is 1. The number of likely N-dealkylation sites (tertiary alicyclic amines) is 1. The Bertz CT molecular complexity index is 786. The summed E-state index contributed by atoms with van der Waals surface area (Å²) in [7, 11) is 1.63. The third-order valence-electron chi connectivity index (χ3n) is 5.68. The Labute approximate surface area is 180 Å². The Balaban J connectivity index is 1.56. The lowest BCUT2D eigenvalue weighted by Crippen LogP contribution is -2.45. The van der Waals surface area contributed by atoms with E-state index in [0.717, 1.165) is 30.8 Å². The number of carbonyl (C=O) groups is 1. The van der Waals surface area contributed by atoms with Gasteiger partial charge in [-0.05, 0) is 25.3 Å². The van der Waals surface area contributed by atoms with E-state index in [4.69, 9.17) is 5.73 Å². The van der Waals surface area contributed by atoms with Crippen molar-refractivity contribution in [1.82, 2.24) is 20.5 Å². The molecule has 31 heavy (non-hydrogen) atoms. The standard InChI is InChI=1S/C20H30F3N7O/c1-25-19(28-16-6-9-29(12-16)13-20(21,22)23)27-10-14-4-2-7-26-18(14)30-8-3-5-15(11-30)17(24)31/h2,4,7,15-16H,3,5-6,8-13H2,1H3,(H2,24,31)(H2,25,27,28). The van der Waals surface area contributed by atoms with Crippen molar-refractivity contribution in [2.45, 2.75) is 38.0 Å². The van der Waals surface area contributed by atoms with Crippen LogP contribution in [0.3, 0.4) is 0 Å². The van der Waals surface area contributed by atoms with Crippen LogP contribution in [-0.2, 0) is 11.3 Å². The minimum atomic E-state index is -4.19. The fourth-order valence-corrected chi connectivity index (χ4v) is 4.17. The lowest BCUT2D eigenvalue weighted by Gasteiger charge is -2.33. The number of piperidine rings is 1. The van der Waals surface area contributed by atoms with Gasteiger partial charge in [0.25, 0.3) is 0 Å². The molecular formula is C20H30F3N7O. The van der Waals surface area contributed by atoms with Crippen LogP contribution in [0.15, 0.2) is 23.3 Å². The maximum absolute atomic E-state index is 12.6. The molecule has 172 valence electrons. The summed E-state index contributed by atoms with van der Waals surface area (Å²) in [6.07, 6.45) is -0.190. The predicted octanol–water partition coefficient (Wildman–Crippen LogP) is 1.08. The van der Waals surface area contributed by atoms with Gasteiger partial charge >= 0.3 is 6.18 Å². The van der Waals surface area contributed by atoms with Gasteiger partial charge in [0, 0.05) is 57.6 Å². The van der Waals surface area contributed by atoms with Crippen molar-refractivity contribution < 1.29 is 18.0 Å². The van der Waals surface area contributed by atoms with Gasteiger partial charge in [-0.2, -0.15) is 13.2 Å². The molecule has 11 heteroatoms. The van der Waals surface area contributed by atoms with Crippen molar-refractivity contribution in [2.75, 3.05) is 44.7 Å². The molecule has 2 atom stereocenters. The molecule has 0 spiro atoms. The fraction of sp³-hybridized carbons (Fsp3) is 0.650. The number of amides is 1. The van der Waals surface area contributed by atoms with Gasteiger partial charge in [-0.25, -0.2) is 4.98 Å². The molecule has 3 rings (SSSR count). The lowest BCUT2D eigenvalue weighted by molar-refractivity contribution is -0.143. The van der Waals surface area contributed by atoms with Gasteiger partial charge in [0.05, 0.1) is 12.5 Å². The lowest BCUT2D eigenvalue weighted by atomic mass is 9.97. The van der Waals surface area contributed by atoms with Crippen molar-refractivity contribution in [1.29, 1.82) is 0 Å². The third kappa shape index (κ3) is 6.71. The van der Waals surface area contributed by atoms with E-state index in [2.05, 4.69) is 25.5 Å². The van der Waals surface area contributed by atoms with Crippen molar-refractivity contribution in [3.8, 4) is 0 Å². The number of hydrogen-bond acceptors (Lipinski definition) is 5. The van der Waals surface area contributed by atoms with Crippen LogP contribution in [-0.4, -0.2) is 73.7 Å². The highest BCUT2D eigenvalue weighted by atomic mass is 19.4. The Hall–Kier alpha value is -2.56. The summed E-state index contributed by atoms with van der Waals surface area (Å²) in [5, 5.41) is 6.44. The molecule has 2 fully saturated rings. The van der Waals surface area contributed by atoms with Crippen LogP contribution in [0.1, 0.15) is 24.8 Å². The minimum Gasteiger partial charge on any atom is -0.369 e. The number of guanidine groups is 1. The summed E-state index contributed by atoms with van der Waals surface area (Å²) in [6.45, 7) is 1.62. The number of alkyl halides is 3. The molecule has 4 N–H and O–H groups in total. The SMILES string of the molecule is CN=C(NCc1cccnc1N1CCCC(C(N)=O)C1)NC1CCN(CC(F)(F)F)C1. The summed E-state index contributed by atoms with van der Waals surface area (Å²) in [5.41, 5.74) is 6.44. The summed E-state index contributed by atoms with van der Waals surface area (Å²) in [4.78, 5) is 23.8. The summed E-state index contributed by atoms with van der Waals surface area (Å²) in [5.74, 6) is 0.852. The van der Waals surface area contributed by atoms with Gasteiger partial charge < -0.3 is 21.3 Å². The second kappa shape index (κ2) is 10.2. The number of halogens is 3. The molecule has 1 aromatic rings. The van der Waals surface area contributed by atoms with Gasteiger partial charge in [0.1, 0.15) is 5.82 Å². The monoisotopic (exact) mass is 441 g/mol. The van der Waals surface area contributed by atoms with Crippen molar-refractivity contribution >= 4 is 17.7 Å². The van der Waals surface area contributed by atoms with Crippen LogP contribution in [0.2, 0.25) is 0 Å². The first-order valence-corrected chi connectivity index (χ1v) is 10.5. The van der Waals surface area contributed by atoms with E-state index in [1.54, 1.807) is 13.2 Å². The molecule has 0 bridgehead atoms. The number of pyridine rings is 1. The Morgan fingerprint density at radius 2 is 2.13 bits per heavy atom. The van der Waals surface area contributed by atoms with Crippen LogP contribution in [0, 0.1) is 5.92 Å². The zero-order valence-corrected chi connectivity index (χ0v) is 17.7. The molecule has 0 saturated carbocycles. The van der Waals surface area contributed by atoms with E-state index in [-0.39, 0.29) is 17.9 Å². The average Bonchev–Trinajstić information content (AvgIpc) is 3.16. The first kappa shape index (κ1) is 23.1. The van der Waals surface area contributed by atoms with E-state index < -0.39 is 12.7 Å². The smallest absolute Gasteiger partial charge is 0.369 e. The van der Waals surface area contributed by atoms with Crippen LogP contribution >= 0.6 is 0 Å². The van der Waals surface area contributed by atoms with Crippen molar-refractivity contribution in [3.05, 3.63) is 23.9 Å². The van der Waals surface area contributed by atoms with E-state index in [0.29, 0.717) is 38.6 Å². The minimum absolute atomic E-state index is 0.0969. The second-order valence-corrected chi connectivity index (χ2v) is 8.08. The fourth-order valence-electron chi connectivity index (χ4n) is 4.17. The zero-order valence-electron chi connectivity index (χ0n) is 17.7. The first-order valence-electron chi connectivity index (χ1n) is 10.5. The van der Waals surface area contributed by atoms with Crippen molar-refractivity contribution in [2.24, 2.45) is 16.6 Å². The number of anilines is 1. The normalized spacial score (nSPS) is 23.1. The van der Waals surface area contributed by atoms with Gasteiger partial charge in [-0.3, -0.25) is 14.7 Å². The van der Waals surface area contributed by atoms with E-state index in [1.165, 1.54) is 4.90 Å². The number of carbonyl (C=O) groups excluding carboxylic acids is 1. The summed E-state index contributed by atoms with van der Waals surface area (Å²) in [6, 6.07) is 3.70. The van der Waals surface area contributed by atoms with Gasteiger partial charge in [0.15, 0.2) is 5.96 Å². The number of nitrogens with one attached hydrogen (secondary N) is 2. The molecule has 0 radical (unpaired) electrons. The molecule has 1 amide bonds. The third-order valence-corrected chi connectivity index (χ3v) is 5.68. The highest BCUT2D eigenvalue weighted by Gasteiger charge is 2.34. The van der Waals surface area contributed by atoms with Gasteiger partial charge in [0.2, 0.25) is 5.91 Å². The largest absolute Gasteiger partial charge is 0.401 e. The Kier molecular flexibility index (Phi) is 7.58. The Morgan fingerprint density at radius 3 is 2.84 bits per heavy atom. The molecule has 1 aromatic heterocycles. The number of aromatic nitrogens is 1. The van der Waals surface area contributed by atoms with E-state index in [9.17, 15) is 18.0 Å². The highest BCUT2D eigenvalue weighted by Crippen LogP contribution is 2.24. The molecular weight excluding hydrogens is 411 g/mol. The van der Waals surface area contributed by atoms with E-state index in [1.807, 2.05) is 12.1 Å². The van der Waals surface area contributed by atoms with E-state index >= 15 is 0 Å². The molecule has 2 aliphatic heterocycles. The molecule has 2 aliphatic rings. The van der Waals surface area contributed by atoms with Crippen LogP contribution in [0.4, 0.5) is 19.0 Å². The van der Waals surface area contributed by atoms with Crippen molar-refractivity contribution in [3.63, 3.8) is 0 Å². The number of primary amides is 1. The molecule has 8 nitrogen and oxygen atoms in total. The highest BCUT2D eigenvalue weighted by molar-refractivity contribution is 5.80. The average molecular weight is 442 g/mol. The maximum Gasteiger partial charge on any atom is 0.401 e. The zero-order chi connectivity index (χ0) is 22.4. The Morgan fingerprint density at radius 1 is 1.32 bits per heavy atom. The molecule has 2 unspecified atom stereocenters. The maximum atomic E-state index is 12.6. The number of nitrogens with two attached hydrogens (primary N) is 1. The van der Waals surface area contributed by atoms with Crippen LogP contribution in [0.25, 0.3) is 0 Å². The topological polar surface area (TPSA) is 98.9 Å². The molecule has 0 aromatic carbocycles. The van der Waals surface area contributed by atoms with Crippen LogP contribution < -0.4 is 21.3 Å². The number of nitrogens with zero attached hydrogens (tertiary/aromatic N) is 4. The van der Waals surface area contributed by atoms with Gasteiger partial charge in [-0.1, -0.05) is 6.07 Å². The molecule has 0 aliphatic carbocycles. The number of hydrogen-bond donors (Lipinski definition) is 3. The summed E-state index contributed by atoms with van der Waals surface area (Å²) < 4.78 is 37.8. The second-order valence-electron chi connectivity index (χ2n) is 8.08. The van der Waals surface area contributed by atoms with Gasteiger partial charge in [-0.15, -0.1) is 0 Å². The summed E-state index contributed by atoms with van der Waals surface area (Å²) >= 11 is 0.